The maximum Gasteiger partial charge on any atom is 0.273 e. The van der Waals surface area contributed by atoms with Crippen LogP contribution < -0.4 is 5.32 Å². The first-order chi connectivity index (χ1) is 9.82. The number of para-hydroxylation sites is 1. The first-order valence-corrected chi connectivity index (χ1v) is 7.28. The Balaban J connectivity index is 2.32. The van der Waals surface area contributed by atoms with E-state index >= 15 is 0 Å². The van der Waals surface area contributed by atoms with Crippen LogP contribution in [0.25, 0.3) is 0 Å². The number of aryl methyl sites for hydroxylation is 2. The van der Waals surface area contributed by atoms with Crippen molar-refractivity contribution in [1.29, 1.82) is 0 Å². The Morgan fingerprint density at radius 3 is 2.57 bits per heavy atom. The van der Waals surface area contributed by atoms with E-state index in [-0.39, 0.29) is 11.3 Å². The van der Waals surface area contributed by atoms with Crippen molar-refractivity contribution in [3.63, 3.8) is 0 Å². The highest BCUT2D eigenvalue weighted by Crippen LogP contribution is 2.29. The zero-order valence-electron chi connectivity index (χ0n) is 13.4. The van der Waals surface area contributed by atoms with Crippen molar-refractivity contribution < 1.29 is 4.79 Å². The lowest BCUT2D eigenvalue weighted by Gasteiger charge is -2.23. The molecule has 21 heavy (non-hydrogen) atoms. The van der Waals surface area contributed by atoms with Gasteiger partial charge in [0.05, 0.1) is 5.69 Å². The molecule has 112 valence electrons. The number of benzene rings is 1. The summed E-state index contributed by atoms with van der Waals surface area (Å²) in [5.74, 6) is -0.117. The number of hydrogen-bond acceptors (Lipinski definition) is 2. The third kappa shape index (κ3) is 3.32. The second kappa shape index (κ2) is 5.72. The van der Waals surface area contributed by atoms with Gasteiger partial charge in [0.1, 0.15) is 5.69 Å². The van der Waals surface area contributed by atoms with Crippen molar-refractivity contribution >= 4 is 11.6 Å². The molecule has 0 unspecified atom stereocenters. The molecule has 1 aromatic carbocycles. The minimum Gasteiger partial charge on any atom is -0.320 e. The molecule has 0 fully saturated rings. The van der Waals surface area contributed by atoms with Crippen LogP contribution >= 0.6 is 0 Å². The Morgan fingerprint density at radius 1 is 1.29 bits per heavy atom. The van der Waals surface area contributed by atoms with Gasteiger partial charge in [-0.3, -0.25) is 9.48 Å². The molecular formula is C17H23N3O. The van der Waals surface area contributed by atoms with E-state index in [0.717, 1.165) is 16.9 Å². The molecule has 0 aliphatic carbocycles. The maximum atomic E-state index is 12.5. The molecule has 0 saturated carbocycles. The van der Waals surface area contributed by atoms with Crippen LogP contribution in [0, 0.1) is 6.92 Å². The minimum absolute atomic E-state index is 0.0230. The van der Waals surface area contributed by atoms with Gasteiger partial charge in [-0.15, -0.1) is 0 Å². The number of amides is 1. The minimum atomic E-state index is -0.117. The van der Waals surface area contributed by atoms with E-state index in [4.69, 9.17) is 0 Å². The highest BCUT2D eigenvalue weighted by molar-refractivity contribution is 6.03. The topological polar surface area (TPSA) is 46.9 Å². The number of carbonyl (C=O) groups is 1. The molecule has 0 spiro atoms. The number of carbonyl (C=O) groups excluding carboxylic acids is 1. The first-order valence-electron chi connectivity index (χ1n) is 7.28. The Hall–Kier alpha value is -2.10. The van der Waals surface area contributed by atoms with Crippen molar-refractivity contribution in [2.24, 2.45) is 0 Å². The molecule has 1 N–H and O–H groups in total. The number of rotatable bonds is 3. The highest BCUT2D eigenvalue weighted by atomic mass is 16.2. The van der Waals surface area contributed by atoms with Crippen molar-refractivity contribution in [3.05, 3.63) is 47.3 Å². The van der Waals surface area contributed by atoms with Crippen LogP contribution in [-0.4, -0.2) is 15.7 Å². The quantitative estimate of drug-likeness (QED) is 0.933. The first kappa shape index (κ1) is 15.3. The van der Waals surface area contributed by atoms with Crippen LogP contribution in [0.15, 0.2) is 30.3 Å². The largest absolute Gasteiger partial charge is 0.320 e. The zero-order valence-corrected chi connectivity index (χ0v) is 13.4. The van der Waals surface area contributed by atoms with E-state index in [9.17, 15) is 4.79 Å². The molecule has 2 aromatic rings. The van der Waals surface area contributed by atoms with Crippen molar-refractivity contribution in [2.45, 2.75) is 46.6 Å². The van der Waals surface area contributed by atoms with Crippen LogP contribution in [0.1, 0.15) is 49.4 Å². The highest BCUT2D eigenvalue weighted by Gasteiger charge is 2.20. The average Bonchev–Trinajstić information content (AvgIpc) is 2.79. The summed E-state index contributed by atoms with van der Waals surface area (Å²) in [4.78, 5) is 12.5. The number of nitrogens with zero attached hydrogens (tertiary/aromatic N) is 2. The number of nitrogens with one attached hydrogen (secondary N) is 1. The molecule has 4 nitrogen and oxygen atoms in total. The molecule has 4 heteroatoms. The Morgan fingerprint density at radius 2 is 1.95 bits per heavy atom. The number of aromatic nitrogens is 2. The van der Waals surface area contributed by atoms with Crippen LogP contribution in [-0.2, 0) is 12.0 Å². The predicted molar refractivity (Wildman–Crippen MR) is 85.7 cm³/mol. The van der Waals surface area contributed by atoms with Gasteiger partial charge in [0.15, 0.2) is 0 Å². The van der Waals surface area contributed by atoms with Crippen molar-refractivity contribution in [2.75, 3.05) is 5.32 Å². The second-order valence-corrected chi connectivity index (χ2v) is 6.24. The lowest BCUT2D eigenvalue weighted by molar-refractivity contribution is 0.101. The van der Waals surface area contributed by atoms with E-state index in [0.29, 0.717) is 12.2 Å². The SMILES string of the molecule is CCn1nc(C)cc1C(=O)Nc1ccccc1C(C)(C)C. The standard InChI is InChI=1S/C17H23N3O/c1-6-20-15(11-12(2)19-20)16(21)18-14-10-8-7-9-13(14)17(3,4)5/h7-11H,6H2,1-5H3,(H,18,21). The molecule has 0 bridgehead atoms. The van der Waals surface area contributed by atoms with Crippen LogP contribution in [0.3, 0.4) is 0 Å². The van der Waals surface area contributed by atoms with Crippen molar-refractivity contribution in [1.82, 2.24) is 9.78 Å². The monoisotopic (exact) mass is 285 g/mol. The fourth-order valence-electron chi connectivity index (χ4n) is 2.40. The van der Waals surface area contributed by atoms with Gasteiger partial charge in [-0.2, -0.15) is 5.10 Å². The normalized spacial score (nSPS) is 11.5. The Kier molecular flexibility index (Phi) is 4.16. The fraction of sp³-hybridized carbons (Fsp3) is 0.412. The van der Waals surface area contributed by atoms with Gasteiger partial charge in [0.25, 0.3) is 5.91 Å². The van der Waals surface area contributed by atoms with E-state index in [1.807, 2.05) is 38.1 Å². The third-order valence-electron chi connectivity index (χ3n) is 3.42. The van der Waals surface area contributed by atoms with E-state index < -0.39 is 0 Å². The predicted octanol–water partition coefficient (Wildman–Crippen LogP) is 3.76. The van der Waals surface area contributed by atoms with Gasteiger partial charge >= 0.3 is 0 Å². The molecule has 1 heterocycles. The molecule has 0 aliphatic rings. The Bertz CT molecular complexity index is 650. The summed E-state index contributed by atoms with van der Waals surface area (Å²) < 4.78 is 1.73. The van der Waals surface area contributed by atoms with Crippen molar-refractivity contribution in [3.8, 4) is 0 Å². The summed E-state index contributed by atoms with van der Waals surface area (Å²) in [5.41, 5.74) is 3.41. The lowest BCUT2D eigenvalue weighted by atomic mass is 9.86. The number of anilines is 1. The summed E-state index contributed by atoms with van der Waals surface area (Å²) in [6.07, 6.45) is 0. The molecule has 1 amide bonds. The number of hydrogen-bond donors (Lipinski definition) is 1. The van der Waals surface area contributed by atoms with Gasteiger partial charge in [-0.25, -0.2) is 0 Å². The van der Waals surface area contributed by atoms with Gasteiger partial charge in [0.2, 0.25) is 0 Å². The summed E-state index contributed by atoms with van der Waals surface area (Å²) in [7, 11) is 0. The van der Waals surface area contributed by atoms with E-state index in [2.05, 4.69) is 37.3 Å². The van der Waals surface area contributed by atoms with Crippen LogP contribution in [0.4, 0.5) is 5.69 Å². The summed E-state index contributed by atoms with van der Waals surface area (Å²) in [6, 6.07) is 9.75. The van der Waals surface area contributed by atoms with Gasteiger partial charge in [0, 0.05) is 12.2 Å². The smallest absolute Gasteiger partial charge is 0.273 e. The average molecular weight is 285 g/mol. The molecule has 0 atom stereocenters. The van der Waals surface area contributed by atoms with Gasteiger partial charge < -0.3 is 5.32 Å². The fourth-order valence-corrected chi connectivity index (χ4v) is 2.40. The second-order valence-electron chi connectivity index (χ2n) is 6.24. The van der Waals surface area contributed by atoms with Crippen LogP contribution in [0.2, 0.25) is 0 Å². The van der Waals surface area contributed by atoms with E-state index in [1.165, 1.54) is 0 Å². The molecule has 0 aliphatic heterocycles. The van der Waals surface area contributed by atoms with Gasteiger partial charge in [-0.1, -0.05) is 39.0 Å². The molecule has 1 aromatic heterocycles. The summed E-state index contributed by atoms with van der Waals surface area (Å²) in [5, 5.41) is 7.34. The molecule has 0 saturated heterocycles. The van der Waals surface area contributed by atoms with Gasteiger partial charge in [-0.05, 0) is 37.0 Å². The molecule has 0 radical (unpaired) electrons. The molecular weight excluding hydrogens is 262 g/mol. The lowest BCUT2D eigenvalue weighted by Crippen LogP contribution is -2.21. The maximum absolute atomic E-state index is 12.5. The van der Waals surface area contributed by atoms with Crippen LogP contribution in [0.5, 0.6) is 0 Å². The third-order valence-corrected chi connectivity index (χ3v) is 3.42. The zero-order chi connectivity index (χ0) is 15.6. The van der Waals surface area contributed by atoms with E-state index in [1.54, 1.807) is 4.68 Å². The summed E-state index contributed by atoms with van der Waals surface area (Å²) >= 11 is 0. The Labute approximate surface area is 126 Å². The summed E-state index contributed by atoms with van der Waals surface area (Å²) in [6.45, 7) is 11.0. The molecule has 2 rings (SSSR count).